The maximum atomic E-state index is 11.0. The van der Waals surface area contributed by atoms with Crippen LogP contribution in [0.5, 0.6) is 0 Å². The first-order chi connectivity index (χ1) is 8.04. The van der Waals surface area contributed by atoms with E-state index in [4.69, 9.17) is 4.42 Å². The molecule has 2 aromatic heterocycles. The van der Waals surface area contributed by atoms with Gasteiger partial charge in [-0.3, -0.25) is 4.98 Å². The van der Waals surface area contributed by atoms with Gasteiger partial charge in [0.2, 0.25) is 10.0 Å². The summed E-state index contributed by atoms with van der Waals surface area (Å²) in [6.07, 6.45) is 4.32. The predicted octanol–water partition coefficient (Wildman–Crippen LogP) is 1.39. The first kappa shape index (κ1) is 11.8. The van der Waals surface area contributed by atoms with Crippen LogP contribution in [-0.2, 0) is 16.6 Å². The van der Waals surface area contributed by atoms with Gasteiger partial charge in [-0.1, -0.05) is 0 Å². The fourth-order valence-corrected chi connectivity index (χ4v) is 1.79. The molecule has 2 heterocycles. The van der Waals surface area contributed by atoms with Crippen molar-refractivity contribution < 1.29 is 12.8 Å². The van der Waals surface area contributed by atoms with E-state index in [0.717, 1.165) is 11.8 Å². The summed E-state index contributed by atoms with van der Waals surface area (Å²) >= 11 is 0. The van der Waals surface area contributed by atoms with Gasteiger partial charge >= 0.3 is 0 Å². The van der Waals surface area contributed by atoms with Crippen molar-refractivity contribution in [1.29, 1.82) is 0 Å². The molecule has 17 heavy (non-hydrogen) atoms. The van der Waals surface area contributed by atoms with E-state index in [2.05, 4.69) is 9.71 Å². The highest BCUT2D eigenvalue weighted by Crippen LogP contribution is 2.17. The van der Waals surface area contributed by atoms with Crippen LogP contribution in [0.2, 0.25) is 0 Å². The molecule has 0 bridgehead atoms. The molecular weight excluding hydrogens is 240 g/mol. The molecular formula is C11H12N2O3S. The maximum absolute atomic E-state index is 11.0. The smallest absolute Gasteiger partial charge is 0.209 e. The second kappa shape index (κ2) is 4.68. The zero-order valence-electron chi connectivity index (χ0n) is 9.25. The molecule has 0 radical (unpaired) electrons. The second-order valence-electron chi connectivity index (χ2n) is 3.62. The van der Waals surface area contributed by atoms with Gasteiger partial charge in [0.25, 0.3) is 0 Å². The molecule has 0 fully saturated rings. The number of aromatic nitrogens is 1. The normalized spacial score (nSPS) is 11.6. The van der Waals surface area contributed by atoms with Crippen molar-refractivity contribution in [3.63, 3.8) is 0 Å². The Morgan fingerprint density at radius 3 is 2.88 bits per heavy atom. The van der Waals surface area contributed by atoms with Crippen molar-refractivity contribution in [2.75, 3.05) is 6.26 Å². The van der Waals surface area contributed by atoms with E-state index >= 15 is 0 Å². The lowest BCUT2D eigenvalue weighted by Gasteiger charge is -2.03. The van der Waals surface area contributed by atoms with Gasteiger partial charge in [-0.25, -0.2) is 13.1 Å². The van der Waals surface area contributed by atoms with Gasteiger partial charge in [-0.2, -0.15) is 0 Å². The number of rotatable bonds is 4. The monoisotopic (exact) mass is 252 g/mol. The minimum atomic E-state index is -3.18. The van der Waals surface area contributed by atoms with Gasteiger partial charge in [0.1, 0.15) is 5.69 Å². The summed E-state index contributed by atoms with van der Waals surface area (Å²) < 4.78 is 29.6. The van der Waals surface area contributed by atoms with Crippen molar-refractivity contribution in [3.8, 4) is 11.5 Å². The molecule has 0 spiro atoms. The number of sulfonamides is 1. The van der Waals surface area contributed by atoms with Gasteiger partial charge in [0, 0.05) is 12.7 Å². The van der Waals surface area contributed by atoms with Gasteiger partial charge in [0.15, 0.2) is 5.76 Å². The summed E-state index contributed by atoms with van der Waals surface area (Å²) in [6, 6.07) is 7.12. The lowest BCUT2D eigenvalue weighted by atomic mass is 10.2. The Kier molecular flexibility index (Phi) is 3.26. The summed E-state index contributed by atoms with van der Waals surface area (Å²) in [6.45, 7) is 0.245. The third-order valence-electron chi connectivity index (χ3n) is 2.14. The van der Waals surface area contributed by atoms with E-state index in [9.17, 15) is 8.42 Å². The number of pyridine rings is 1. The molecule has 0 aliphatic rings. The van der Waals surface area contributed by atoms with Crippen molar-refractivity contribution in [1.82, 2.24) is 9.71 Å². The first-order valence-corrected chi connectivity index (χ1v) is 6.87. The third-order valence-corrected chi connectivity index (χ3v) is 2.81. The zero-order chi connectivity index (χ0) is 12.3. The van der Waals surface area contributed by atoms with Crippen LogP contribution in [0.3, 0.4) is 0 Å². The molecule has 0 amide bonds. The molecule has 2 aromatic rings. The molecule has 0 atom stereocenters. The Morgan fingerprint density at radius 2 is 2.24 bits per heavy atom. The van der Waals surface area contributed by atoms with Crippen molar-refractivity contribution in [2.45, 2.75) is 6.54 Å². The van der Waals surface area contributed by atoms with Crippen molar-refractivity contribution in [2.24, 2.45) is 0 Å². The van der Waals surface area contributed by atoms with Crippen LogP contribution in [0.25, 0.3) is 11.5 Å². The number of hydrogen-bond acceptors (Lipinski definition) is 4. The average Bonchev–Trinajstić information content (AvgIpc) is 2.79. The van der Waals surface area contributed by atoms with E-state index in [-0.39, 0.29) is 6.54 Å². The lowest BCUT2D eigenvalue weighted by molar-refractivity contribution is 0.580. The molecule has 90 valence electrons. The summed E-state index contributed by atoms with van der Waals surface area (Å²) in [5.74, 6) is 0.659. The van der Waals surface area contributed by atoms with Gasteiger partial charge in [-0.05, 0) is 29.8 Å². The van der Waals surface area contributed by atoms with E-state index in [1.807, 2.05) is 0 Å². The molecule has 2 rings (SSSR count). The van der Waals surface area contributed by atoms with Crippen LogP contribution in [0.4, 0.5) is 0 Å². The number of furan rings is 1. The van der Waals surface area contributed by atoms with Crippen LogP contribution >= 0.6 is 0 Å². The molecule has 0 aromatic carbocycles. The quantitative estimate of drug-likeness (QED) is 0.892. The molecule has 6 heteroatoms. The predicted molar refractivity (Wildman–Crippen MR) is 63.6 cm³/mol. The lowest BCUT2D eigenvalue weighted by Crippen LogP contribution is -2.21. The SMILES string of the molecule is CS(=O)(=O)NCc1ccnc(-c2ccco2)c1. The number of nitrogens with zero attached hydrogens (tertiary/aromatic N) is 1. The first-order valence-electron chi connectivity index (χ1n) is 4.98. The van der Waals surface area contributed by atoms with Gasteiger partial charge in [-0.15, -0.1) is 0 Å². The van der Waals surface area contributed by atoms with Crippen LogP contribution in [0.1, 0.15) is 5.56 Å². The highest BCUT2D eigenvalue weighted by molar-refractivity contribution is 7.88. The summed E-state index contributed by atoms with van der Waals surface area (Å²) in [4.78, 5) is 4.16. The minimum Gasteiger partial charge on any atom is -0.463 e. The van der Waals surface area contributed by atoms with E-state index in [1.54, 1.807) is 36.7 Å². The molecule has 0 unspecified atom stereocenters. The number of hydrogen-bond donors (Lipinski definition) is 1. The standard InChI is InChI=1S/C11H12N2O3S/c1-17(14,15)13-8-9-4-5-12-10(7-9)11-3-2-6-16-11/h2-7,13H,8H2,1H3. The topological polar surface area (TPSA) is 72.2 Å². The average molecular weight is 252 g/mol. The Morgan fingerprint density at radius 1 is 1.41 bits per heavy atom. The minimum absolute atomic E-state index is 0.245. The van der Waals surface area contributed by atoms with Crippen LogP contribution < -0.4 is 4.72 Å². The van der Waals surface area contributed by atoms with Crippen molar-refractivity contribution >= 4 is 10.0 Å². The fraction of sp³-hybridized carbons (Fsp3) is 0.182. The Bertz CT molecular complexity index is 591. The highest BCUT2D eigenvalue weighted by atomic mass is 32.2. The van der Waals surface area contributed by atoms with E-state index in [0.29, 0.717) is 11.5 Å². The summed E-state index contributed by atoms with van der Waals surface area (Å²) in [5, 5.41) is 0. The number of nitrogens with one attached hydrogen (secondary N) is 1. The Hall–Kier alpha value is -1.66. The largest absolute Gasteiger partial charge is 0.463 e. The Labute approximate surface area is 99.5 Å². The Balaban J connectivity index is 2.18. The van der Waals surface area contributed by atoms with Crippen LogP contribution in [0.15, 0.2) is 41.1 Å². The molecule has 0 aliphatic carbocycles. The summed E-state index contributed by atoms with van der Waals surface area (Å²) in [5.41, 5.74) is 1.51. The van der Waals surface area contributed by atoms with E-state index in [1.165, 1.54) is 0 Å². The highest BCUT2D eigenvalue weighted by Gasteiger charge is 2.05. The zero-order valence-corrected chi connectivity index (χ0v) is 10.1. The summed E-state index contributed by atoms with van der Waals surface area (Å²) in [7, 11) is -3.18. The van der Waals surface area contributed by atoms with Crippen molar-refractivity contribution in [3.05, 3.63) is 42.3 Å². The molecule has 0 aliphatic heterocycles. The molecule has 1 N–H and O–H groups in total. The molecule has 0 saturated heterocycles. The van der Waals surface area contributed by atoms with Gasteiger partial charge < -0.3 is 4.42 Å². The van der Waals surface area contributed by atoms with Crippen LogP contribution in [0, 0.1) is 0 Å². The third kappa shape index (κ3) is 3.40. The second-order valence-corrected chi connectivity index (χ2v) is 5.45. The van der Waals surface area contributed by atoms with Gasteiger partial charge in [0.05, 0.1) is 12.5 Å². The molecule has 5 nitrogen and oxygen atoms in total. The van der Waals surface area contributed by atoms with E-state index < -0.39 is 10.0 Å². The maximum Gasteiger partial charge on any atom is 0.209 e. The van der Waals surface area contributed by atoms with Crippen LogP contribution in [-0.4, -0.2) is 19.7 Å². The fourth-order valence-electron chi connectivity index (χ4n) is 1.36. The molecule has 0 saturated carbocycles.